The van der Waals surface area contributed by atoms with Gasteiger partial charge in [0.2, 0.25) is 0 Å². The van der Waals surface area contributed by atoms with E-state index in [1.807, 2.05) is 103 Å². The van der Waals surface area contributed by atoms with E-state index in [0.717, 1.165) is 83.7 Å². The highest BCUT2D eigenvalue weighted by Crippen LogP contribution is 2.36. The van der Waals surface area contributed by atoms with Crippen LogP contribution in [-0.2, 0) is 0 Å². The Hall–Kier alpha value is -8.87. The number of aromatic nitrogens is 3. The van der Waals surface area contributed by atoms with Crippen LogP contribution in [0.15, 0.2) is 253 Å². The third-order valence-electron chi connectivity index (χ3n) is 11.7. The Kier molecular flexibility index (Phi) is 10.9. The molecule has 1 atom stereocenters. The summed E-state index contributed by atoms with van der Waals surface area (Å²) in [4.78, 5) is 25.3. The lowest BCUT2D eigenvalue weighted by atomic mass is 9.93. The minimum absolute atomic E-state index is 0.323. The first-order chi connectivity index (χ1) is 32.7. The SMILES string of the molecule is c1ccc(C2=NC(c3cccc(-c4cccc(-c5cccc(-c6cc(-c7ccccc7)cc(-c7nc(-c8ccccc8)nc(-c8ccccc8)n7)c6)c5)c4)c3)NC(c3ccccc3)=N2)cc1. The highest BCUT2D eigenvalue weighted by molar-refractivity contribution is 6.13. The number of benzene rings is 9. The van der Waals surface area contributed by atoms with Crippen LogP contribution in [0.4, 0.5) is 0 Å². The van der Waals surface area contributed by atoms with Gasteiger partial charge in [-0.25, -0.2) is 24.9 Å². The molecule has 0 bridgehead atoms. The lowest BCUT2D eigenvalue weighted by molar-refractivity contribution is 0.674. The monoisotopic (exact) mass is 846 g/mol. The number of hydrogen-bond acceptors (Lipinski definition) is 6. The molecule has 1 unspecified atom stereocenters. The van der Waals surface area contributed by atoms with E-state index in [1.54, 1.807) is 0 Å². The van der Waals surface area contributed by atoms with Crippen LogP contribution in [-0.4, -0.2) is 26.6 Å². The third-order valence-corrected chi connectivity index (χ3v) is 11.7. The Bertz CT molecular complexity index is 3310. The molecule has 10 aromatic rings. The molecule has 2 heterocycles. The summed E-state index contributed by atoms with van der Waals surface area (Å²) in [7, 11) is 0. The quantitative estimate of drug-likeness (QED) is 0.149. The van der Waals surface area contributed by atoms with Crippen LogP contribution in [0.25, 0.3) is 78.7 Å². The molecule has 1 N–H and O–H groups in total. The van der Waals surface area contributed by atoms with Gasteiger partial charge in [0.25, 0.3) is 0 Å². The first-order valence-corrected chi connectivity index (χ1v) is 22.1. The lowest BCUT2D eigenvalue weighted by Gasteiger charge is -2.24. The van der Waals surface area contributed by atoms with Gasteiger partial charge in [-0.3, -0.25) is 0 Å². The van der Waals surface area contributed by atoms with Crippen molar-refractivity contribution in [2.75, 3.05) is 0 Å². The van der Waals surface area contributed by atoms with Gasteiger partial charge in [0.15, 0.2) is 23.3 Å². The van der Waals surface area contributed by atoms with Gasteiger partial charge in [-0.1, -0.05) is 206 Å². The molecule has 0 aliphatic carbocycles. The van der Waals surface area contributed by atoms with Gasteiger partial charge in [-0.05, 0) is 86.5 Å². The average Bonchev–Trinajstić information content (AvgIpc) is 3.42. The molecule has 0 saturated heterocycles. The van der Waals surface area contributed by atoms with Crippen LogP contribution in [0, 0.1) is 0 Å². The smallest absolute Gasteiger partial charge is 0.164 e. The van der Waals surface area contributed by atoms with Crippen LogP contribution in [0.3, 0.4) is 0 Å². The second-order valence-electron chi connectivity index (χ2n) is 16.2. The molecule has 11 rings (SSSR count). The number of nitrogens with zero attached hydrogens (tertiary/aromatic N) is 5. The molecule has 6 nitrogen and oxygen atoms in total. The summed E-state index contributed by atoms with van der Waals surface area (Å²) in [6, 6.07) is 83.9. The zero-order valence-corrected chi connectivity index (χ0v) is 35.9. The van der Waals surface area contributed by atoms with Gasteiger partial charge in [-0.15, -0.1) is 0 Å². The van der Waals surface area contributed by atoms with Crippen molar-refractivity contribution in [2.24, 2.45) is 9.98 Å². The zero-order chi connectivity index (χ0) is 44.1. The second-order valence-corrected chi connectivity index (χ2v) is 16.2. The highest BCUT2D eigenvalue weighted by atomic mass is 15.2. The Balaban J connectivity index is 0.953. The van der Waals surface area contributed by atoms with Crippen molar-refractivity contribution in [1.82, 2.24) is 20.3 Å². The molecule has 1 aliphatic heterocycles. The van der Waals surface area contributed by atoms with E-state index in [-0.39, 0.29) is 6.17 Å². The molecule has 66 heavy (non-hydrogen) atoms. The van der Waals surface area contributed by atoms with Crippen molar-refractivity contribution < 1.29 is 0 Å². The fourth-order valence-electron chi connectivity index (χ4n) is 8.38. The molecule has 0 spiro atoms. The summed E-state index contributed by atoms with van der Waals surface area (Å²) >= 11 is 0. The molecule has 9 aromatic carbocycles. The first-order valence-electron chi connectivity index (χ1n) is 22.1. The molecule has 1 aromatic heterocycles. The summed E-state index contributed by atoms with van der Waals surface area (Å²) in [6.07, 6.45) is -0.323. The largest absolute Gasteiger partial charge is 0.344 e. The van der Waals surface area contributed by atoms with Gasteiger partial charge < -0.3 is 5.32 Å². The van der Waals surface area contributed by atoms with Crippen LogP contribution in [0.2, 0.25) is 0 Å². The average molecular weight is 847 g/mol. The summed E-state index contributed by atoms with van der Waals surface area (Å²) in [5.74, 6) is 3.37. The van der Waals surface area contributed by atoms with Gasteiger partial charge in [-0.2, -0.15) is 0 Å². The minimum Gasteiger partial charge on any atom is -0.344 e. The topological polar surface area (TPSA) is 75.4 Å². The number of hydrogen-bond donors (Lipinski definition) is 1. The van der Waals surface area contributed by atoms with E-state index in [9.17, 15) is 0 Å². The lowest BCUT2D eigenvalue weighted by Crippen LogP contribution is -2.33. The van der Waals surface area contributed by atoms with Crippen molar-refractivity contribution in [3.63, 3.8) is 0 Å². The predicted octanol–water partition coefficient (Wildman–Crippen LogP) is 14.0. The Morgan fingerprint density at radius 1 is 0.273 bits per heavy atom. The molecular formula is C60H42N6. The normalized spacial score (nSPS) is 13.3. The van der Waals surface area contributed by atoms with Crippen molar-refractivity contribution in [2.45, 2.75) is 6.17 Å². The fourth-order valence-corrected chi connectivity index (χ4v) is 8.38. The summed E-state index contributed by atoms with van der Waals surface area (Å²) < 4.78 is 0. The molecule has 0 amide bonds. The second kappa shape index (κ2) is 18.1. The van der Waals surface area contributed by atoms with E-state index in [4.69, 9.17) is 24.9 Å². The molecular weight excluding hydrogens is 805 g/mol. The Morgan fingerprint density at radius 3 is 1.14 bits per heavy atom. The number of rotatable bonds is 10. The van der Waals surface area contributed by atoms with Crippen molar-refractivity contribution in [3.8, 4) is 78.7 Å². The van der Waals surface area contributed by atoms with Crippen LogP contribution >= 0.6 is 0 Å². The van der Waals surface area contributed by atoms with Gasteiger partial charge in [0, 0.05) is 27.8 Å². The molecule has 1 aliphatic rings. The first kappa shape index (κ1) is 39.9. The van der Waals surface area contributed by atoms with Crippen LogP contribution in [0.1, 0.15) is 22.9 Å². The van der Waals surface area contributed by atoms with Gasteiger partial charge in [0.1, 0.15) is 12.0 Å². The molecule has 0 radical (unpaired) electrons. The third kappa shape index (κ3) is 8.59. The Labute approximate surface area is 384 Å². The van der Waals surface area contributed by atoms with E-state index >= 15 is 0 Å². The van der Waals surface area contributed by atoms with E-state index in [2.05, 4.69) is 145 Å². The summed E-state index contributed by atoms with van der Waals surface area (Å²) in [5.41, 5.74) is 14.6. The standard InChI is InChI=1S/C60H42N6/c1-6-19-41(20-7-1)52-38-53(40-54(39-52)60-65-57(44-25-12-4-13-26-44)62-58(66-60)45-27-14-5-15-28-45)50-33-17-31-48(36-50)46-29-16-30-47(35-46)49-32-18-34-51(37-49)59-63-55(42-21-8-2-9-22-42)61-56(64-59)43-23-10-3-11-24-43/h1-40,59H,(H,61,63,64). The van der Waals surface area contributed by atoms with Gasteiger partial charge in [0.05, 0.1) is 0 Å². The highest BCUT2D eigenvalue weighted by Gasteiger charge is 2.22. The van der Waals surface area contributed by atoms with Crippen molar-refractivity contribution in [3.05, 3.63) is 259 Å². The fraction of sp³-hybridized carbons (Fsp3) is 0.0167. The zero-order valence-electron chi connectivity index (χ0n) is 35.9. The van der Waals surface area contributed by atoms with Crippen molar-refractivity contribution >= 4 is 11.7 Å². The molecule has 0 saturated carbocycles. The summed E-state index contributed by atoms with van der Waals surface area (Å²) in [5, 5.41) is 3.62. The van der Waals surface area contributed by atoms with Crippen molar-refractivity contribution in [1.29, 1.82) is 0 Å². The van der Waals surface area contributed by atoms with E-state index in [0.29, 0.717) is 23.3 Å². The van der Waals surface area contributed by atoms with E-state index < -0.39 is 0 Å². The summed E-state index contributed by atoms with van der Waals surface area (Å²) in [6.45, 7) is 0. The molecule has 6 heteroatoms. The number of amidine groups is 2. The molecule has 0 fully saturated rings. The van der Waals surface area contributed by atoms with Gasteiger partial charge >= 0.3 is 0 Å². The maximum absolute atomic E-state index is 5.13. The number of aliphatic imine (C=N–C) groups is 2. The minimum atomic E-state index is -0.323. The predicted molar refractivity (Wildman–Crippen MR) is 270 cm³/mol. The number of nitrogens with one attached hydrogen (secondary N) is 1. The van der Waals surface area contributed by atoms with E-state index in [1.165, 1.54) is 0 Å². The Morgan fingerprint density at radius 2 is 0.621 bits per heavy atom. The molecule has 312 valence electrons. The van der Waals surface area contributed by atoms with Crippen LogP contribution in [0.5, 0.6) is 0 Å². The maximum Gasteiger partial charge on any atom is 0.164 e. The maximum atomic E-state index is 5.13. The van der Waals surface area contributed by atoms with Crippen LogP contribution < -0.4 is 5.32 Å².